The fourth-order valence-electron chi connectivity index (χ4n) is 1.12. The number of rotatable bonds is 2. The summed E-state index contributed by atoms with van der Waals surface area (Å²) in [5, 5.41) is 16.4. The molecular formula is C9H10N4O. The fourth-order valence-corrected chi connectivity index (χ4v) is 1.12. The van der Waals surface area contributed by atoms with E-state index >= 15 is 0 Å². The Balaban J connectivity index is 2.34. The van der Waals surface area contributed by atoms with Gasteiger partial charge in [0.1, 0.15) is 5.69 Å². The van der Waals surface area contributed by atoms with Crippen molar-refractivity contribution >= 4 is 5.69 Å². The number of hydrogen-bond acceptors (Lipinski definition) is 4. The van der Waals surface area contributed by atoms with Crippen LogP contribution in [0.25, 0.3) is 5.69 Å². The van der Waals surface area contributed by atoms with Gasteiger partial charge in [-0.3, -0.25) is 0 Å². The molecule has 0 aliphatic carbocycles. The molecule has 5 nitrogen and oxygen atoms in total. The smallest absolute Gasteiger partial charge is 0.109 e. The zero-order chi connectivity index (χ0) is 9.97. The molecule has 5 heteroatoms. The van der Waals surface area contributed by atoms with E-state index in [-0.39, 0.29) is 6.61 Å². The van der Waals surface area contributed by atoms with Crippen LogP contribution in [0.1, 0.15) is 5.69 Å². The second kappa shape index (κ2) is 3.47. The van der Waals surface area contributed by atoms with Crippen molar-refractivity contribution in [3.8, 4) is 5.69 Å². The third kappa shape index (κ3) is 1.57. The highest BCUT2D eigenvalue weighted by atomic mass is 16.3. The third-order valence-electron chi connectivity index (χ3n) is 1.86. The van der Waals surface area contributed by atoms with Gasteiger partial charge in [0.15, 0.2) is 0 Å². The van der Waals surface area contributed by atoms with Crippen LogP contribution in [0.2, 0.25) is 0 Å². The molecule has 0 atom stereocenters. The minimum Gasteiger partial charge on any atom is -0.399 e. The van der Waals surface area contributed by atoms with Crippen LogP contribution in [0.3, 0.4) is 0 Å². The van der Waals surface area contributed by atoms with Gasteiger partial charge in [-0.15, -0.1) is 5.10 Å². The quantitative estimate of drug-likeness (QED) is 0.669. The predicted octanol–water partition coefficient (Wildman–Crippen LogP) is 0.342. The van der Waals surface area contributed by atoms with E-state index in [0.29, 0.717) is 11.4 Å². The molecule has 1 aromatic carbocycles. The lowest BCUT2D eigenvalue weighted by molar-refractivity contribution is 0.276. The second-order valence-corrected chi connectivity index (χ2v) is 2.90. The Morgan fingerprint density at radius 1 is 1.29 bits per heavy atom. The van der Waals surface area contributed by atoms with Gasteiger partial charge in [0.25, 0.3) is 0 Å². The highest BCUT2D eigenvalue weighted by molar-refractivity contribution is 5.44. The number of nitrogens with two attached hydrogens (primary N) is 1. The Morgan fingerprint density at radius 3 is 2.57 bits per heavy atom. The molecule has 0 aliphatic rings. The molecule has 0 amide bonds. The number of benzene rings is 1. The van der Waals surface area contributed by atoms with Crippen molar-refractivity contribution in [2.45, 2.75) is 6.61 Å². The van der Waals surface area contributed by atoms with Gasteiger partial charge < -0.3 is 10.8 Å². The Kier molecular flexibility index (Phi) is 2.16. The van der Waals surface area contributed by atoms with Gasteiger partial charge in [0.2, 0.25) is 0 Å². The molecule has 2 aromatic rings. The summed E-state index contributed by atoms with van der Waals surface area (Å²) in [5.74, 6) is 0. The average molecular weight is 190 g/mol. The summed E-state index contributed by atoms with van der Waals surface area (Å²) < 4.78 is 1.59. The third-order valence-corrected chi connectivity index (χ3v) is 1.86. The molecule has 0 radical (unpaired) electrons. The monoisotopic (exact) mass is 190 g/mol. The maximum absolute atomic E-state index is 8.81. The normalized spacial score (nSPS) is 10.4. The molecule has 1 aromatic heterocycles. The topological polar surface area (TPSA) is 77.0 Å². The summed E-state index contributed by atoms with van der Waals surface area (Å²) in [6.45, 7) is -0.102. The maximum Gasteiger partial charge on any atom is 0.109 e. The summed E-state index contributed by atoms with van der Waals surface area (Å²) in [7, 11) is 0. The van der Waals surface area contributed by atoms with Gasteiger partial charge in [0, 0.05) is 5.69 Å². The van der Waals surface area contributed by atoms with Gasteiger partial charge >= 0.3 is 0 Å². The SMILES string of the molecule is Nc1ccc(-n2cc(CO)nn2)cc1. The fraction of sp³-hybridized carbons (Fsp3) is 0.111. The van der Waals surface area contributed by atoms with Crippen LogP contribution in [-0.4, -0.2) is 20.1 Å². The number of hydrogen-bond donors (Lipinski definition) is 2. The van der Waals surface area contributed by atoms with Gasteiger partial charge in [0.05, 0.1) is 18.5 Å². The Hall–Kier alpha value is -1.88. The minimum atomic E-state index is -0.102. The zero-order valence-corrected chi connectivity index (χ0v) is 7.46. The molecule has 14 heavy (non-hydrogen) atoms. The first-order valence-electron chi connectivity index (χ1n) is 4.17. The summed E-state index contributed by atoms with van der Waals surface area (Å²) >= 11 is 0. The van der Waals surface area contributed by atoms with Crippen LogP contribution in [0.15, 0.2) is 30.5 Å². The van der Waals surface area contributed by atoms with Crippen LogP contribution < -0.4 is 5.73 Å². The van der Waals surface area contributed by atoms with Gasteiger partial charge in [-0.05, 0) is 24.3 Å². The molecule has 0 saturated carbocycles. The molecular weight excluding hydrogens is 180 g/mol. The highest BCUT2D eigenvalue weighted by Gasteiger charge is 2.00. The average Bonchev–Trinajstić information content (AvgIpc) is 2.67. The van der Waals surface area contributed by atoms with E-state index in [4.69, 9.17) is 10.8 Å². The number of aromatic nitrogens is 3. The Bertz CT molecular complexity index is 421. The molecule has 0 bridgehead atoms. The lowest BCUT2D eigenvalue weighted by Gasteiger charge is -1.99. The molecule has 0 unspecified atom stereocenters. The van der Waals surface area contributed by atoms with Crippen molar-refractivity contribution in [3.05, 3.63) is 36.2 Å². The molecule has 0 spiro atoms. The zero-order valence-electron chi connectivity index (χ0n) is 7.46. The summed E-state index contributed by atoms with van der Waals surface area (Å²) in [6.07, 6.45) is 1.67. The molecule has 2 rings (SSSR count). The molecule has 1 heterocycles. The largest absolute Gasteiger partial charge is 0.399 e. The van der Waals surface area contributed by atoms with E-state index in [0.717, 1.165) is 5.69 Å². The van der Waals surface area contributed by atoms with Crippen molar-refractivity contribution in [1.29, 1.82) is 0 Å². The van der Waals surface area contributed by atoms with Crippen molar-refractivity contribution in [2.75, 3.05) is 5.73 Å². The maximum atomic E-state index is 8.81. The van der Waals surface area contributed by atoms with Crippen LogP contribution >= 0.6 is 0 Å². The molecule has 0 aliphatic heterocycles. The second-order valence-electron chi connectivity index (χ2n) is 2.90. The van der Waals surface area contributed by atoms with Crippen molar-refractivity contribution in [2.24, 2.45) is 0 Å². The van der Waals surface area contributed by atoms with Crippen molar-refractivity contribution < 1.29 is 5.11 Å². The summed E-state index contributed by atoms with van der Waals surface area (Å²) in [5.41, 5.74) is 7.67. The summed E-state index contributed by atoms with van der Waals surface area (Å²) in [6, 6.07) is 7.25. The lowest BCUT2D eigenvalue weighted by Crippen LogP contribution is -1.95. The number of nitrogen functional groups attached to an aromatic ring is 1. The van der Waals surface area contributed by atoms with E-state index in [1.165, 1.54) is 0 Å². The lowest BCUT2D eigenvalue weighted by atomic mass is 10.3. The highest BCUT2D eigenvalue weighted by Crippen LogP contribution is 2.09. The van der Waals surface area contributed by atoms with E-state index in [2.05, 4.69) is 10.3 Å². The first kappa shape index (κ1) is 8.71. The number of aliphatic hydroxyl groups is 1. The Morgan fingerprint density at radius 2 is 2.00 bits per heavy atom. The standard InChI is InChI=1S/C9H10N4O/c10-7-1-3-9(4-2-7)13-5-8(6-14)11-12-13/h1-5,14H,6,10H2. The van der Waals surface area contributed by atoms with E-state index in [1.54, 1.807) is 23.0 Å². The molecule has 0 saturated heterocycles. The minimum absolute atomic E-state index is 0.102. The molecule has 0 fully saturated rings. The first-order valence-corrected chi connectivity index (χ1v) is 4.17. The van der Waals surface area contributed by atoms with Crippen LogP contribution in [0, 0.1) is 0 Å². The first-order chi connectivity index (χ1) is 6.79. The number of aliphatic hydroxyl groups excluding tert-OH is 1. The van der Waals surface area contributed by atoms with Gasteiger partial charge in [-0.1, -0.05) is 5.21 Å². The van der Waals surface area contributed by atoms with Crippen LogP contribution in [0.5, 0.6) is 0 Å². The van der Waals surface area contributed by atoms with Crippen molar-refractivity contribution in [3.63, 3.8) is 0 Å². The van der Waals surface area contributed by atoms with Crippen molar-refractivity contribution in [1.82, 2.24) is 15.0 Å². The predicted molar refractivity (Wildman–Crippen MR) is 51.7 cm³/mol. The Labute approximate surface area is 80.8 Å². The molecule has 3 N–H and O–H groups in total. The number of anilines is 1. The van der Waals surface area contributed by atoms with E-state index in [1.807, 2.05) is 12.1 Å². The number of nitrogens with zero attached hydrogens (tertiary/aromatic N) is 3. The van der Waals surface area contributed by atoms with Crippen LogP contribution in [-0.2, 0) is 6.61 Å². The van der Waals surface area contributed by atoms with E-state index in [9.17, 15) is 0 Å². The van der Waals surface area contributed by atoms with E-state index < -0.39 is 0 Å². The van der Waals surface area contributed by atoms with Gasteiger partial charge in [-0.25, -0.2) is 4.68 Å². The molecule has 72 valence electrons. The van der Waals surface area contributed by atoms with Gasteiger partial charge in [-0.2, -0.15) is 0 Å². The van der Waals surface area contributed by atoms with Crippen LogP contribution in [0.4, 0.5) is 5.69 Å². The summed E-state index contributed by atoms with van der Waals surface area (Å²) in [4.78, 5) is 0.